The number of phenolic OH excluding ortho intramolecular Hbond substituents is 1. The van der Waals surface area contributed by atoms with Crippen molar-refractivity contribution in [2.45, 2.75) is 39.5 Å². The van der Waals surface area contributed by atoms with E-state index in [1.54, 1.807) is 23.1 Å². The van der Waals surface area contributed by atoms with Crippen LogP contribution in [0.4, 0.5) is 0 Å². The Balaban J connectivity index is 1.84. The maximum absolute atomic E-state index is 13.4. The number of carbonyl (C=O) groups is 1. The summed E-state index contributed by atoms with van der Waals surface area (Å²) in [5.41, 5.74) is 4.94. The van der Waals surface area contributed by atoms with Gasteiger partial charge in [-0.3, -0.25) is 4.79 Å². The Morgan fingerprint density at radius 2 is 1.31 bits per heavy atom. The zero-order valence-corrected chi connectivity index (χ0v) is 18.4. The van der Waals surface area contributed by atoms with Gasteiger partial charge in [-0.15, -0.1) is 0 Å². The Hall–Kier alpha value is -2.38. The Labute approximate surface area is 172 Å². The molecule has 2 aromatic rings. The number of sulfonamides is 1. The Bertz CT molecular complexity index is 1040. The van der Waals surface area contributed by atoms with E-state index in [4.69, 9.17) is 0 Å². The molecule has 1 amide bonds. The highest BCUT2D eigenvalue weighted by atomic mass is 32.2. The highest BCUT2D eigenvalue weighted by Gasteiger charge is 2.33. The van der Waals surface area contributed by atoms with Gasteiger partial charge in [0.2, 0.25) is 10.0 Å². The van der Waals surface area contributed by atoms with Crippen LogP contribution >= 0.6 is 0 Å². The van der Waals surface area contributed by atoms with E-state index in [0.717, 1.165) is 27.8 Å². The lowest BCUT2D eigenvalue weighted by molar-refractivity contribution is 0.0695. The highest BCUT2D eigenvalue weighted by molar-refractivity contribution is 7.89. The largest absolute Gasteiger partial charge is 0.507 e. The minimum Gasteiger partial charge on any atom is -0.507 e. The highest BCUT2D eigenvalue weighted by Crippen LogP contribution is 2.32. The van der Waals surface area contributed by atoms with Gasteiger partial charge < -0.3 is 10.0 Å². The number of phenols is 1. The molecule has 1 heterocycles. The topological polar surface area (TPSA) is 77.9 Å². The van der Waals surface area contributed by atoms with Gasteiger partial charge in [-0.25, -0.2) is 8.42 Å². The summed E-state index contributed by atoms with van der Waals surface area (Å²) in [6.45, 7) is 10.7. The van der Waals surface area contributed by atoms with Gasteiger partial charge in [0.25, 0.3) is 5.91 Å². The van der Waals surface area contributed by atoms with Crippen LogP contribution in [0.15, 0.2) is 29.2 Å². The molecule has 0 bridgehead atoms. The van der Waals surface area contributed by atoms with Crippen molar-refractivity contribution >= 4 is 15.9 Å². The molecule has 156 valence electrons. The van der Waals surface area contributed by atoms with E-state index in [1.165, 1.54) is 10.4 Å². The zero-order chi connectivity index (χ0) is 21.5. The van der Waals surface area contributed by atoms with Crippen LogP contribution < -0.4 is 0 Å². The van der Waals surface area contributed by atoms with E-state index in [1.807, 2.05) is 34.6 Å². The average Bonchev–Trinajstić information content (AvgIpc) is 2.70. The van der Waals surface area contributed by atoms with Crippen LogP contribution in [0.2, 0.25) is 0 Å². The van der Waals surface area contributed by atoms with Crippen molar-refractivity contribution in [2.75, 3.05) is 26.2 Å². The molecule has 0 atom stereocenters. The van der Waals surface area contributed by atoms with Crippen molar-refractivity contribution in [3.63, 3.8) is 0 Å². The summed E-state index contributed by atoms with van der Waals surface area (Å²) in [4.78, 5) is 14.7. The molecule has 0 saturated carbocycles. The van der Waals surface area contributed by atoms with E-state index < -0.39 is 10.0 Å². The van der Waals surface area contributed by atoms with Gasteiger partial charge in [-0.1, -0.05) is 12.1 Å². The molecule has 1 aliphatic rings. The maximum atomic E-state index is 13.4. The van der Waals surface area contributed by atoms with Crippen molar-refractivity contribution in [3.05, 3.63) is 57.6 Å². The van der Waals surface area contributed by atoms with Crippen LogP contribution in [0.25, 0.3) is 0 Å². The Morgan fingerprint density at radius 1 is 0.828 bits per heavy atom. The first-order chi connectivity index (χ1) is 13.6. The van der Waals surface area contributed by atoms with E-state index in [9.17, 15) is 18.3 Å². The average molecular weight is 417 g/mol. The van der Waals surface area contributed by atoms with E-state index >= 15 is 0 Å². The van der Waals surface area contributed by atoms with Gasteiger partial charge in [-0.2, -0.15) is 4.31 Å². The fraction of sp³-hybridized carbons (Fsp3) is 0.409. The molecule has 29 heavy (non-hydrogen) atoms. The molecule has 6 nitrogen and oxygen atoms in total. The molecule has 0 spiro atoms. The molecule has 2 aromatic carbocycles. The molecule has 3 rings (SSSR count). The molecule has 0 unspecified atom stereocenters. The third-order valence-electron chi connectivity index (χ3n) is 6.19. The number of benzene rings is 2. The summed E-state index contributed by atoms with van der Waals surface area (Å²) in [5.74, 6) is -0.348. The van der Waals surface area contributed by atoms with Crippen molar-refractivity contribution in [1.82, 2.24) is 9.21 Å². The number of carbonyl (C=O) groups excluding carboxylic acids is 1. The molecule has 1 aliphatic heterocycles. The Morgan fingerprint density at radius 3 is 1.83 bits per heavy atom. The van der Waals surface area contributed by atoms with Crippen LogP contribution in [-0.4, -0.2) is 54.8 Å². The zero-order valence-electron chi connectivity index (χ0n) is 17.6. The second-order valence-electron chi connectivity index (χ2n) is 7.67. The molecule has 1 fully saturated rings. The number of hydrogen-bond acceptors (Lipinski definition) is 4. The summed E-state index contributed by atoms with van der Waals surface area (Å²) < 4.78 is 28.3. The van der Waals surface area contributed by atoms with E-state index in [2.05, 4.69) is 0 Å². The molecule has 0 aromatic heterocycles. The normalized spacial score (nSPS) is 15.6. The number of nitrogens with zero attached hydrogens (tertiary/aromatic N) is 2. The molecule has 7 heteroatoms. The van der Waals surface area contributed by atoms with Gasteiger partial charge in [-0.05, 0) is 74.6 Å². The first kappa shape index (κ1) is 21.3. The van der Waals surface area contributed by atoms with Gasteiger partial charge >= 0.3 is 0 Å². The second-order valence-corrected chi connectivity index (χ2v) is 9.54. The molecule has 0 radical (unpaired) electrons. The van der Waals surface area contributed by atoms with Crippen LogP contribution in [-0.2, 0) is 10.0 Å². The van der Waals surface area contributed by atoms with Crippen molar-refractivity contribution in [2.24, 2.45) is 0 Å². The number of rotatable bonds is 3. The number of amides is 1. The van der Waals surface area contributed by atoms with Crippen LogP contribution in [0, 0.1) is 34.6 Å². The lowest BCUT2D eigenvalue weighted by atomic mass is 9.95. The summed E-state index contributed by atoms with van der Waals surface area (Å²) in [7, 11) is -3.66. The van der Waals surface area contributed by atoms with Crippen LogP contribution in [0.3, 0.4) is 0 Å². The first-order valence-corrected chi connectivity index (χ1v) is 11.2. The van der Waals surface area contributed by atoms with Crippen molar-refractivity contribution in [3.8, 4) is 5.75 Å². The molecular formula is C22H28N2O4S. The lowest BCUT2D eigenvalue weighted by Crippen LogP contribution is -2.50. The number of para-hydroxylation sites is 1. The number of piperazine rings is 1. The van der Waals surface area contributed by atoms with Gasteiger partial charge in [0.05, 0.1) is 10.5 Å². The van der Waals surface area contributed by atoms with Gasteiger partial charge in [0.1, 0.15) is 5.75 Å². The van der Waals surface area contributed by atoms with E-state index in [0.29, 0.717) is 4.90 Å². The maximum Gasteiger partial charge on any atom is 0.257 e. The third kappa shape index (κ3) is 3.65. The minimum atomic E-state index is -3.66. The van der Waals surface area contributed by atoms with Crippen molar-refractivity contribution in [1.29, 1.82) is 0 Å². The fourth-order valence-corrected chi connectivity index (χ4v) is 5.92. The predicted octanol–water partition coefficient (Wildman–Crippen LogP) is 3.08. The summed E-state index contributed by atoms with van der Waals surface area (Å²) >= 11 is 0. The van der Waals surface area contributed by atoms with Gasteiger partial charge in [0, 0.05) is 26.2 Å². The lowest BCUT2D eigenvalue weighted by Gasteiger charge is -2.35. The fourth-order valence-electron chi connectivity index (χ4n) is 3.94. The third-order valence-corrected chi connectivity index (χ3v) is 8.36. The molecule has 1 N–H and O–H groups in total. The number of aromatic hydroxyl groups is 1. The molecule has 1 saturated heterocycles. The second kappa shape index (κ2) is 7.80. The standard InChI is InChI=1S/C22H28N2O4S/c1-14-15(2)17(4)21(18(5)16(14)3)29(27,28)24-12-10-23(11-13-24)22(26)19-8-6-7-9-20(19)25/h6-9,25H,10-13H2,1-5H3. The SMILES string of the molecule is Cc1c(C)c(C)c(S(=O)(=O)N2CCN(C(=O)c3ccccc3O)CC2)c(C)c1C. The molecular weight excluding hydrogens is 388 g/mol. The smallest absolute Gasteiger partial charge is 0.257 e. The minimum absolute atomic E-state index is 0.0654. The van der Waals surface area contributed by atoms with E-state index in [-0.39, 0.29) is 43.4 Å². The Kier molecular flexibility index (Phi) is 5.74. The summed E-state index contributed by atoms with van der Waals surface area (Å²) in [5, 5.41) is 9.92. The molecule has 0 aliphatic carbocycles. The van der Waals surface area contributed by atoms with Crippen molar-refractivity contribution < 1.29 is 18.3 Å². The summed E-state index contributed by atoms with van der Waals surface area (Å²) in [6.07, 6.45) is 0. The monoisotopic (exact) mass is 416 g/mol. The van der Waals surface area contributed by atoms with Crippen LogP contribution in [0.5, 0.6) is 5.75 Å². The van der Waals surface area contributed by atoms with Gasteiger partial charge in [0.15, 0.2) is 0 Å². The quantitative estimate of drug-likeness (QED) is 0.834. The first-order valence-electron chi connectivity index (χ1n) is 9.71. The summed E-state index contributed by atoms with van der Waals surface area (Å²) in [6, 6.07) is 6.40. The van der Waals surface area contributed by atoms with Crippen LogP contribution in [0.1, 0.15) is 38.2 Å². The predicted molar refractivity (Wildman–Crippen MR) is 113 cm³/mol. The number of hydrogen-bond donors (Lipinski definition) is 1.